The minimum Gasteiger partial charge on any atom is -0.507 e. The fourth-order valence-electron chi connectivity index (χ4n) is 7.12. The van der Waals surface area contributed by atoms with Crippen LogP contribution in [0.5, 0.6) is 11.6 Å². The highest BCUT2D eigenvalue weighted by Crippen LogP contribution is 2.57. The predicted molar refractivity (Wildman–Crippen MR) is 140 cm³/mol. The van der Waals surface area contributed by atoms with E-state index in [9.17, 15) is 5.11 Å². The molecular formula is C29H34FN5O2. The fraction of sp³-hybridized carbons (Fsp3) is 0.517. The summed E-state index contributed by atoms with van der Waals surface area (Å²) in [6.07, 6.45) is 11.5. The molecule has 7 nitrogen and oxygen atoms in total. The van der Waals surface area contributed by atoms with Crippen LogP contribution >= 0.6 is 0 Å². The minimum atomic E-state index is -0.497. The lowest BCUT2D eigenvalue weighted by Gasteiger charge is -2.54. The molecule has 3 saturated carbocycles. The molecule has 6 rings (SSSR count). The zero-order valence-electron chi connectivity index (χ0n) is 21.7. The molecule has 1 unspecified atom stereocenters. The maximum absolute atomic E-state index is 15.1. The van der Waals surface area contributed by atoms with Crippen molar-refractivity contribution in [2.75, 3.05) is 12.0 Å². The quantitative estimate of drug-likeness (QED) is 0.430. The van der Waals surface area contributed by atoms with E-state index in [1.54, 1.807) is 6.07 Å². The molecule has 1 aromatic carbocycles. The highest BCUT2D eigenvalue weighted by atomic mass is 19.1. The molecule has 0 radical (unpaired) electrons. The average Bonchev–Trinajstić information content (AvgIpc) is 3.70. The summed E-state index contributed by atoms with van der Waals surface area (Å²) in [7, 11) is 1.47. The van der Waals surface area contributed by atoms with E-state index in [0.717, 1.165) is 5.82 Å². The van der Waals surface area contributed by atoms with Gasteiger partial charge in [-0.05, 0) is 80.0 Å². The second kappa shape index (κ2) is 8.92. The van der Waals surface area contributed by atoms with E-state index in [2.05, 4.69) is 39.1 Å². The molecule has 0 amide bonds. The van der Waals surface area contributed by atoms with Crippen LogP contribution in [0.1, 0.15) is 65.2 Å². The standard InChI is InChI=1S/C29H34FN5O2/c1-28-9-4-10-29(2,17-28)15-20(14-28)35(19-5-6-19)26-8-7-24(32-33-26)22-12-23(30)21(13-25(22)36)18-11-27(37-3)34-31-16-18/h7-8,11-13,16,19-20,36H,4-6,9-10,14-15,17H2,1-3H3/t20?,28-,29+. The summed E-state index contributed by atoms with van der Waals surface area (Å²) in [5.41, 5.74) is 2.22. The van der Waals surface area contributed by atoms with Gasteiger partial charge in [-0.2, -0.15) is 5.10 Å². The largest absolute Gasteiger partial charge is 0.507 e. The first kappa shape index (κ1) is 24.1. The van der Waals surface area contributed by atoms with Gasteiger partial charge in [-0.25, -0.2) is 4.39 Å². The number of benzene rings is 1. The van der Waals surface area contributed by atoms with Crippen LogP contribution in [0.25, 0.3) is 22.4 Å². The van der Waals surface area contributed by atoms with E-state index in [0.29, 0.717) is 39.7 Å². The summed E-state index contributed by atoms with van der Waals surface area (Å²) in [5.74, 6) is 0.583. The fourth-order valence-corrected chi connectivity index (χ4v) is 7.12. The van der Waals surface area contributed by atoms with Crippen molar-refractivity contribution in [3.8, 4) is 34.0 Å². The number of hydrogen-bond acceptors (Lipinski definition) is 7. The molecule has 3 aliphatic rings. The molecular weight excluding hydrogens is 469 g/mol. The number of aromatic hydroxyl groups is 1. The molecule has 0 aliphatic heterocycles. The van der Waals surface area contributed by atoms with Gasteiger partial charge in [0.1, 0.15) is 11.6 Å². The van der Waals surface area contributed by atoms with Gasteiger partial charge in [-0.1, -0.05) is 20.3 Å². The number of aromatic nitrogens is 4. The highest BCUT2D eigenvalue weighted by Gasteiger charge is 2.49. The van der Waals surface area contributed by atoms with Crippen molar-refractivity contribution in [2.45, 2.75) is 77.3 Å². The van der Waals surface area contributed by atoms with Crippen LogP contribution in [0.2, 0.25) is 0 Å². The van der Waals surface area contributed by atoms with Crippen molar-refractivity contribution in [1.82, 2.24) is 20.4 Å². The van der Waals surface area contributed by atoms with Crippen LogP contribution in [0, 0.1) is 16.6 Å². The summed E-state index contributed by atoms with van der Waals surface area (Å²) in [4.78, 5) is 2.52. The first-order valence-electron chi connectivity index (χ1n) is 13.3. The number of methoxy groups -OCH3 is 1. The maximum atomic E-state index is 15.1. The first-order chi connectivity index (χ1) is 17.8. The van der Waals surface area contributed by atoms with Gasteiger partial charge in [0.25, 0.3) is 0 Å². The second-order valence-electron chi connectivity index (χ2n) is 12.0. The maximum Gasteiger partial charge on any atom is 0.233 e. The zero-order valence-corrected chi connectivity index (χ0v) is 21.7. The third kappa shape index (κ3) is 4.62. The third-order valence-electron chi connectivity index (χ3n) is 8.63. The number of phenols is 1. The van der Waals surface area contributed by atoms with E-state index in [-0.39, 0.29) is 17.2 Å². The molecule has 3 atom stereocenters. The van der Waals surface area contributed by atoms with Crippen molar-refractivity contribution in [3.63, 3.8) is 0 Å². The van der Waals surface area contributed by atoms with Crippen molar-refractivity contribution in [2.24, 2.45) is 10.8 Å². The number of anilines is 1. The molecule has 3 fully saturated rings. The molecule has 3 aromatic rings. The molecule has 2 aromatic heterocycles. The summed E-state index contributed by atoms with van der Waals surface area (Å²) >= 11 is 0. The smallest absolute Gasteiger partial charge is 0.233 e. The molecule has 0 spiro atoms. The Morgan fingerprint density at radius 3 is 2.38 bits per heavy atom. The van der Waals surface area contributed by atoms with E-state index in [1.165, 1.54) is 76.8 Å². The van der Waals surface area contributed by atoms with Gasteiger partial charge >= 0.3 is 0 Å². The van der Waals surface area contributed by atoms with Crippen molar-refractivity contribution < 1.29 is 14.2 Å². The zero-order chi connectivity index (χ0) is 25.8. The van der Waals surface area contributed by atoms with Gasteiger partial charge in [0.05, 0.1) is 19.0 Å². The van der Waals surface area contributed by atoms with Crippen molar-refractivity contribution >= 4 is 5.82 Å². The monoisotopic (exact) mass is 503 g/mol. The lowest BCUT2D eigenvalue weighted by atomic mass is 9.55. The van der Waals surface area contributed by atoms with Crippen LogP contribution in [-0.2, 0) is 0 Å². The predicted octanol–water partition coefficient (Wildman–Crippen LogP) is 6.17. The number of halogens is 1. The number of ether oxygens (including phenoxy) is 1. The van der Waals surface area contributed by atoms with Gasteiger partial charge in [-0.3, -0.25) is 0 Å². The van der Waals surface area contributed by atoms with E-state index < -0.39 is 5.82 Å². The molecule has 3 aliphatic carbocycles. The van der Waals surface area contributed by atoms with Gasteiger partial charge in [0, 0.05) is 34.8 Å². The lowest BCUT2D eigenvalue weighted by molar-refractivity contribution is 0.0127. The Morgan fingerprint density at radius 2 is 1.73 bits per heavy atom. The highest BCUT2D eigenvalue weighted by molar-refractivity contribution is 5.75. The third-order valence-corrected chi connectivity index (χ3v) is 8.63. The number of nitrogens with zero attached hydrogens (tertiary/aromatic N) is 5. The summed E-state index contributed by atoms with van der Waals surface area (Å²) < 4.78 is 20.2. The lowest BCUT2D eigenvalue weighted by Crippen LogP contribution is -2.51. The average molecular weight is 504 g/mol. The molecule has 2 bridgehead atoms. The Morgan fingerprint density at radius 1 is 0.973 bits per heavy atom. The van der Waals surface area contributed by atoms with E-state index >= 15 is 4.39 Å². The normalized spacial score (nSPS) is 27.1. The van der Waals surface area contributed by atoms with Crippen LogP contribution < -0.4 is 9.64 Å². The van der Waals surface area contributed by atoms with Crippen LogP contribution in [0.15, 0.2) is 36.5 Å². The van der Waals surface area contributed by atoms with Crippen LogP contribution in [0.4, 0.5) is 10.2 Å². The minimum absolute atomic E-state index is 0.0748. The molecule has 8 heteroatoms. The Bertz CT molecular complexity index is 1300. The summed E-state index contributed by atoms with van der Waals surface area (Å²) in [6, 6.07) is 9.07. The number of phenolic OH excluding ortho intramolecular Hbond substituents is 1. The van der Waals surface area contributed by atoms with Crippen molar-refractivity contribution in [1.29, 1.82) is 0 Å². The topological polar surface area (TPSA) is 84.3 Å². The summed E-state index contributed by atoms with van der Waals surface area (Å²) in [5, 5.41) is 27.5. The number of rotatable bonds is 6. The van der Waals surface area contributed by atoms with E-state index in [4.69, 9.17) is 4.74 Å². The van der Waals surface area contributed by atoms with Gasteiger partial charge in [0.15, 0.2) is 5.82 Å². The Kier molecular flexibility index (Phi) is 5.81. The molecule has 0 saturated heterocycles. The van der Waals surface area contributed by atoms with Gasteiger partial charge in [0.2, 0.25) is 5.88 Å². The number of hydrogen-bond donors (Lipinski definition) is 1. The van der Waals surface area contributed by atoms with Crippen LogP contribution in [-0.4, -0.2) is 44.7 Å². The molecule has 194 valence electrons. The number of fused-ring (bicyclic) bond motifs is 2. The Balaban J connectivity index is 1.28. The Labute approximate surface area is 217 Å². The summed E-state index contributed by atoms with van der Waals surface area (Å²) in [6.45, 7) is 4.94. The molecule has 37 heavy (non-hydrogen) atoms. The molecule has 1 N–H and O–H groups in total. The van der Waals surface area contributed by atoms with Crippen molar-refractivity contribution in [3.05, 3.63) is 42.3 Å². The first-order valence-corrected chi connectivity index (χ1v) is 13.3. The van der Waals surface area contributed by atoms with Gasteiger partial charge < -0.3 is 14.7 Å². The Hall–Kier alpha value is -3.29. The second-order valence-corrected chi connectivity index (χ2v) is 12.0. The SMILES string of the molecule is COc1cc(-c2cc(O)c(-c3ccc(N(C4CC4)C4C[C@]5(C)CCC[C@](C)(C4)C5)nn3)cc2F)cnn1. The van der Waals surface area contributed by atoms with Crippen LogP contribution in [0.3, 0.4) is 0 Å². The molecule has 2 heterocycles. The van der Waals surface area contributed by atoms with E-state index in [1.807, 2.05) is 12.1 Å². The van der Waals surface area contributed by atoms with Gasteiger partial charge in [-0.15, -0.1) is 15.3 Å².